The molecule has 1 aromatic heterocycles. The Morgan fingerprint density at radius 1 is 1.41 bits per heavy atom. The standard InChI is InChI=1S/C15H21N5O2/c1-4-9-20-15(17-18-19-20)16-14(21)12-7-6-8-13(10-12)22-11(3)5-2/h6-8,10-11H,4-5,9H2,1-3H3,(H,16,17,19,21)/t11-/m0/s1. The molecular weight excluding hydrogens is 282 g/mol. The molecule has 1 amide bonds. The summed E-state index contributed by atoms with van der Waals surface area (Å²) in [6.45, 7) is 6.71. The number of nitrogens with zero attached hydrogens (tertiary/aromatic N) is 4. The molecule has 0 aliphatic rings. The third-order valence-electron chi connectivity index (χ3n) is 3.20. The summed E-state index contributed by atoms with van der Waals surface area (Å²) in [7, 11) is 0. The molecule has 0 fully saturated rings. The molecule has 1 N–H and O–H groups in total. The van der Waals surface area contributed by atoms with Gasteiger partial charge in [0.1, 0.15) is 5.75 Å². The topological polar surface area (TPSA) is 81.9 Å². The highest BCUT2D eigenvalue weighted by atomic mass is 16.5. The average molecular weight is 303 g/mol. The Hall–Kier alpha value is -2.44. The minimum atomic E-state index is -0.262. The van der Waals surface area contributed by atoms with E-state index < -0.39 is 0 Å². The third-order valence-corrected chi connectivity index (χ3v) is 3.20. The van der Waals surface area contributed by atoms with Crippen LogP contribution in [-0.2, 0) is 6.54 Å². The van der Waals surface area contributed by atoms with Crippen LogP contribution in [0.5, 0.6) is 5.75 Å². The molecule has 1 heterocycles. The van der Waals surface area contributed by atoms with E-state index in [1.165, 1.54) is 0 Å². The van der Waals surface area contributed by atoms with E-state index >= 15 is 0 Å². The molecule has 1 aromatic carbocycles. The molecule has 0 radical (unpaired) electrons. The van der Waals surface area contributed by atoms with Crippen molar-refractivity contribution in [2.75, 3.05) is 5.32 Å². The maximum absolute atomic E-state index is 12.3. The van der Waals surface area contributed by atoms with Crippen LogP contribution < -0.4 is 10.1 Å². The first kappa shape index (κ1) is 15.9. The van der Waals surface area contributed by atoms with Crippen LogP contribution in [0.4, 0.5) is 5.95 Å². The molecular formula is C15H21N5O2. The van der Waals surface area contributed by atoms with Gasteiger partial charge in [0.2, 0.25) is 5.95 Å². The number of ether oxygens (including phenoxy) is 1. The normalized spacial score (nSPS) is 12.0. The first-order valence-electron chi connectivity index (χ1n) is 7.48. The Kier molecular flexibility index (Phi) is 5.46. The Balaban J connectivity index is 2.09. The fraction of sp³-hybridized carbons (Fsp3) is 0.467. The van der Waals surface area contributed by atoms with Crippen molar-refractivity contribution in [3.8, 4) is 5.75 Å². The molecule has 2 aromatic rings. The zero-order valence-corrected chi connectivity index (χ0v) is 13.1. The molecule has 118 valence electrons. The van der Waals surface area contributed by atoms with E-state index in [9.17, 15) is 4.79 Å². The van der Waals surface area contributed by atoms with Gasteiger partial charge in [0.25, 0.3) is 5.91 Å². The zero-order chi connectivity index (χ0) is 15.9. The minimum absolute atomic E-state index is 0.107. The fourth-order valence-corrected chi connectivity index (χ4v) is 1.86. The van der Waals surface area contributed by atoms with Crippen molar-refractivity contribution in [2.45, 2.75) is 46.3 Å². The quantitative estimate of drug-likeness (QED) is 0.850. The van der Waals surface area contributed by atoms with Crippen LogP contribution in [-0.4, -0.2) is 32.2 Å². The lowest BCUT2D eigenvalue weighted by molar-refractivity contribution is 0.102. The van der Waals surface area contributed by atoms with Crippen LogP contribution in [0.1, 0.15) is 44.0 Å². The van der Waals surface area contributed by atoms with E-state index in [-0.39, 0.29) is 12.0 Å². The van der Waals surface area contributed by atoms with Crippen LogP contribution in [0.15, 0.2) is 24.3 Å². The largest absolute Gasteiger partial charge is 0.491 e. The summed E-state index contributed by atoms with van der Waals surface area (Å²) >= 11 is 0. The van der Waals surface area contributed by atoms with Crippen LogP contribution in [0.25, 0.3) is 0 Å². The molecule has 0 saturated heterocycles. The summed E-state index contributed by atoms with van der Waals surface area (Å²) in [5.74, 6) is 0.761. The van der Waals surface area contributed by atoms with Gasteiger partial charge < -0.3 is 4.74 Å². The number of aromatic nitrogens is 4. The van der Waals surface area contributed by atoms with E-state index in [1.807, 2.05) is 19.9 Å². The van der Waals surface area contributed by atoms with Gasteiger partial charge >= 0.3 is 0 Å². The Labute approximate surface area is 129 Å². The number of tetrazole rings is 1. The predicted molar refractivity (Wildman–Crippen MR) is 82.9 cm³/mol. The molecule has 22 heavy (non-hydrogen) atoms. The number of anilines is 1. The maximum Gasteiger partial charge on any atom is 0.258 e. The second-order valence-electron chi connectivity index (χ2n) is 5.04. The number of nitrogens with one attached hydrogen (secondary N) is 1. The van der Waals surface area contributed by atoms with Gasteiger partial charge in [-0.3, -0.25) is 10.1 Å². The average Bonchev–Trinajstić information content (AvgIpc) is 2.95. The second kappa shape index (κ2) is 7.53. The zero-order valence-electron chi connectivity index (χ0n) is 13.1. The SMILES string of the molecule is CCCn1nnnc1NC(=O)c1cccc(O[C@@H](C)CC)c1. The van der Waals surface area contributed by atoms with Gasteiger partial charge in [-0.25, -0.2) is 4.68 Å². The molecule has 0 spiro atoms. The lowest BCUT2D eigenvalue weighted by atomic mass is 10.2. The highest BCUT2D eigenvalue weighted by Crippen LogP contribution is 2.16. The molecule has 0 bridgehead atoms. The molecule has 0 aliphatic carbocycles. The van der Waals surface area contributed by atoms with E-state index in [2.05, 4.69) is 27.8 Å². The lowest BCUT2D eigenvalue weighted by Gasteiger charge is -2.13. The second-order valence-corrected chi connectivity index (χ2v) is 5.04. The van der Waals surface area contributed by atoms with Crippen LogP contribution in [0.2, 0.25) is 0 Å². The molecule has 1 atom stereocenters. The first-order valence-corrected chi connectivity index (χ1v) is 7.48. The molecule has 2 rings (SSSR count). The van der Waals surface area contributed by atoms with Crippen LogP contribution in [0.3, 0.4) is 0 Å². The summed E-state index contributed by atoms with van der Waals surface area (Å²) < 4.78 is 7.29. The number of rotatable bonds is 7. The van der Waals surface area contributed by atoms with Crippen molar-refractivity contribution in [3.05, 3.63) is 29.8 Å². The van der Waals surface area contributed by atoms with E-state index in [1.54, 1.807) is 22.9 Å². The number of amides is 1. The highest BCUT2D eigenvalue weighted by molar-refractivity contribution is 6.03. The number of hydrogen-bond donors (Lipinski definition) is 1. The number of carbonyl (C=O) groups is 1. The van der Waals surface area contributed by atoms with Gasteiger partial charge in [0, 0.05) is 12.1 Å². The van der Waals surface area contributed by atoms with Gasteiger partial charge in [-0.2, -0.15) is 0 Å². The molecule has 0 aliphatic heterocycles. The van der Waals surface area contributed by atoms with Crippen LogP contribution >= 0.6 is 0 Å². The van der Waals surface area contributed by atoms with E-state index in [4.69, 9.17) is 4.74 Å². The summed E-state index contributed by atoms with van der Waals surface area (Å²) in [5, 5.41) is 14.0. The first-order chi connectivity index (χ1) is 10.6. The Morgan fingerprint density at radius 2 is 2.23 bits per heavy atom. The summed E-state index contributed by atoms with van der Waals surface area (Å²) in [6.07, 6.45) is 1.89. The Morgan fingerprint density at radius 3 is 2.95 bits per heavy atom. The third kappa shape index (κ3) is 4.03. The number of hydrogen-bond acceptors (Lipinski definition) is 5. The van der Waals surface area contributed by atoms with Crippen LogP contribution in [0, 0.1) is 0 Å². The van der Waals surface area contributed by atoms with Crippen molar-refractivity contribution < 1.29 is 9.53 Å². The number of aryl methyl sites for hydroxylation is 1. The smallest absolute Gasteiger partial charge is 0.258 e. The van der Waals surface area contributed by atoms with Crippen molar-refractivity contribution in [3.63, 3.8) is 0 Å². The van der Waals surface area contributed by atoms with Crippen molar-refractivity contribution in [1.29, 1.82) is 0 Å². The van der Waals surface area contributed by atoms with Crippen molar-refractivity contribution in [2.24, 2.45) is 0 Å². The van der Waals surface area contributed by atoms with E-state index in [0.717, 1.165) is 12.8 Å². The maximum atomic E-state index is 12.3. The summed E-state index contributed by atoms with van der Waals surface area (Å²) in [6, 6.07) is 7.08. The molecule has 0 saturated carbocycles. The predicted octanol–water partition coefficient (Wildman–Crippen LogP) is 2.51. The van der Waals surface area contributed by atoms with Gasteiger partial charge in [-0.05, 0) is 48.4 Å². The highest BCUT2D eigenvalue weighted by Gasteiger charge is 2.12. The molecule has 7 nitrogen and oxygen atoms in total. The van der Waals surface area contributed by atoms with E-state index in [0.29, 0.717) is 23.8 Å². The number of carbonyl (C=O) groups excluding carboxylic acids is 1. The summed E-state index contributed by atoms with van der Waals surface area (Å²) in [4.78, 5) is 12.3. The lowest BCUT2D eigenvalue weighted by Crippen LogP contribution is -2.17. The Bertz CT molecular complexity index is 626. The van der Waals surface area contributed by atoms with Gasteiger partial charge in [0.15, 0.2) is 0 Å². The summed E-state index contributed by atoms with van der Waals surface area (Å²) in [5.41, 5.74) is 0.506. The van der Waals surface area contributed by atoms with Gasteiger partial charge in [-0.1, -0.05) is 25.0 Å². The van der Waals surface area contributed by atoms with Crippen molar-refractivity contribution in [1.82, 2.24) is 20.2 Å². The minimum Gasteiger partial charge on any atom is -0.491 e. The van der Waals surface area contributed by atoms with Crippen molar-refractivity contribution >= 4 is 11.9 Å². The molecule has 0 unspecified atom stereocenters. The number of benzene rings is 1. The van der Waals surface area contributed by atoms with Gasteiger partial charge in [0.05, 0.1) is 6.10 Å². The molecule has 7 heteroatoms. The fourth-order valence-electron chi connectivity index (χ4n) is 1.86. The van der Waals surface area contributed by atoms with Gasteiger partial charge in [-0.15, -0.1) is 0 Å². The monoisotopic (exact) mass is 303 g/mol.